The number of nitrogens with zero attached hydrogens (tertiary/aromatic N) is 4. The molecule has 0 saturated carbocycles. The van der Waals surface area contributed by atoms with Crippen LogP contribution >= 0.6 is 0 Å². The highest BCUT2D eigenvalue weighted by Gasteiger charge is 2.21. The van der Waals surface area contributed by atoms with Crippen LogP contribution in [0, 0.1) is 34.1 Å². The van der Waals surface area contributed by atoms with Gasteiger partial charge >= 0.3 is 0 Å². The Morgan fingerprint density at radius 1 is 0.475 bits per heavy atom. The highest BCUT2D eigenvalue weighted by molar-refractivity contribution is 7.86. The van der Waals surface area contributed by atoms with E-state index in [4.69, 9.17) is 0 Å². The van der Waals surface area contributed by atoms with E-state index in [0.717, 1.165) is 39.8 Å². The van der Waals surface area contributed by atoms with Gasteiger partial charge in [-0.1, -0.05) is 59.7 Å². The predicted molar refractivity (Wildman–Crippen MR) is 230 cm³/mol. The van der Waals surface area contributed by atoms with Crippen molar-refractivity contribution in [1.82, 2.24) is 0 Å². The van der Waals surface area contributed by atoms with Crippen LogP contribution in [0.1, 0.15) is 65.7 Å². The minimum Gasteiger partial charge on any atom is -0.744 e. The van der Waals surface area contributed by atoms with Crippen LogP contribution in [-0.4, -0.2) is 35.8 Å². The molecule has 61 heavy (non-hydrogen) atoms. The molecule has 2 unspecified atom stereocenters. The van der Waals surface area contributed by atoms with Crippen LogP contribution in [0.15, 0.2) is 156 Å². The molecule has 16 heteroatoms. The van der Waals surface area contributed by atoms with Gasteiger partial charge in [-0.2, -0.15) is 0 Å². The Balaban J connectivity index is 0.000000301. The summed E-state index contributed by atoms with van der Waals surface area (Å²) in [6.45, 7) is 8.04. The number of nitro groups is 2. The Morgan fingerprint density at radius 2 is 0.738 bits per heavy atom. The van der Waals surface area contributed by atoms with E-state index in [9.17, 15) is 46.2 Å². The number of nitro benzene ring substituents is 2. The standard InChI is InChI=1S/C31H30N4O4.2C7H8O3S/c1-24(32-19-15-28(16-20-32)5-3-26-7-11-30(12-8-26)34(36)37)23-25(2)33-21-17-29(18-22-33)6-4-27-9-13-31(14-10-27)35(38)39;2*1-6-2-4-7(5-3-6)11(8,9)10/h3-22,24-25H,23H2,1-2H3;2*2-5H,1H3,(H,8,9,10)/q+2;;/p-2/b5-3+,6-4+;;. The maximum Gasteiger partial charge on any atom is 0.269 e. The van der Waals surface area contributed by atoms with Gasteiger partial charge in [0, 0.05) is 48.5 Å². The van der Waals surface area contributed by atoms with E-state index in [1.165, 1.54) is 48.5 Å². The molecule has 0 aliphatic rings. The van der Waals surface area contributed by atoms with E-state index in [0.29, 0.717) is 12.1 Å². The highest BCUT2D eigenvalue weighted by atomic mass is 32.2. The first kappa shape index (κ1) is 47.0. The van der Waals surface area contributed by atoms with Crippen molar-refractivity contribution in [3.63, 3.8) is 0 Å². The van der Waals surface area contributed by atoms with Crippen molar-refractivity contribution in [3.8, 4) is 0 Å². The molecule has 2 atom stereocenters. The molecule has 0 amide bonds. The molecule has 0 aliphatic heterocycles. The van der Waals surface area contributed by atoms with E-state index in [1.54, 1.807) is 48.5 Å². The fourth-order valence-electron chi connectivity index (χ4n) is 5.66. The average Bonchev–Trinajstić information content (AvgIpc) is 3.23. The zero-order valence-electron chi connectivity index (χ0n) is 33.7. The molecule has 0 aliphatic carbocycles. The first-order valence-electron chi connectivity index (χ1n) is 18.7. The van der Waals surface area contributed by atoms with Crippen molar-refractivity contribution in [2.24, 2.45) is 0 Å². The molecule has 2 aromatic heterocycles. The number of hydrogen-bond donors (Lipinski definition) is 0. The van der Waals surface area contributed by atoms with Gasteiger partial charge in [-0.15, -0.1) is 0 Å². The smallest absolute Gasteiger partial charge is 0.269 e. The van der Waals surface area contributed by atoms with E-state index in [1.807, 2.05) is 38.2 Å². The molecule has 6 aromatic rings. The average molecular weight is 865 g/mol. The molecule has 6 rings (SSSR count). The summed E-state index contributed by atoms with van der Waals surface area (Å²) in [4.78, 5) is 20.4. The molecule has 0 saturated heterocycles. The minimum atomic E-state index is -4.27. The van der Waals surface area contributed by atoms with Gasteiger partial charge < -0.3 is 9.11 Å². The van der Waals surface area contributed by atoms with Gasteiger partial charge in [-0.25, -0.2) is 26.0 Å². The highest BCUT2D eigenvalue weighted by Crippen LogP contribution is 2.17. The second kappa shape index (κ2) is 21.5. The van der Waals surface area contributed by atoms with Crippen molar-refractivity contribution in [1.29, 1.82) is 0 Å². The van der Waals surface area contributed by atoms with Gasteiger partial charge in [0.05, 0.1) is 26.1 Å². The summed E-state index contributed by atoms with van der Waals surface area (Å²) >= 11 is 0. The van der Waals surface area contributed by atoms with Gasteiger partial charge in [0.1, 0.15) is 20.2 Å². The molecule has 0 bridgehead atoms. The van der Waals surface area contributed by atoms with Crippen molar-refractivity contribution < 1.29 is 44.9 Å². The van der Waals surface area contributed by atoms with Crippen molar-refractivity contribution >= 4 is 55.9 Å². The maximum absolute atomic E-state index is 10.8. The van der Waals surface area contributed by atoms with Crippen LogP contribution < -0.4 is 9.13 Å². The van der Waals surface area contributed by atoms with Gasteiger partial charge in [0.2, 0.25) is 0 Å². The summed E-state index contributed by atoms with van der Waals surface area (Å²) in [5.41, 5.74) is 5.94. The van der Waals surface area contributed by atoms with E-state index >= 15 is 0 Å². The lowest BCUT2D eigenvalue weighted by atomic mass is 10.1. The molecule has 0 N–H and O–H groups in total. The van der Waals surface area contributed by atoms with Gasteiger partial charge in [-0.3, -0.25) is 20.2 Å². The Hall–Kier alpha value is -6.72. The van der Waals surface area contributed by atoms with Gasteiger partial charge in [0.15, 0.2) is 36.9 Å². The van der Waals surface area contributed by atoms with Crippen LogP contribution in [-0.2, 0) is 20.2 Å². The topological polar surface area (TPSA) is 208 Å². The Labute approximate surface area is 355 Å². The van der Waals surface area contributed by atoms with Crippen molar-refractivity contribution in [3.05, 3.63) is 200 Å². The maximum atomic E-state index is 10.8. The quantitative estimate of drug-likeness (QED) is 0.0496. The summed E-state index contributed by atoms with van der Waals surface area (Å²) in [6.07, 6.45) is 17.1. The molecule has 0 fully saturated rings. The number of aromatic nitrogens is 2. The zero-order valence-corrected chi connectivity index (χ0v) is 35.3. The zero-order chi connectivity index (χ0) is 44.7. The Morgan fingerprint density at radius 3 is 0.984 bits per heavy atom. The minimum absolute atomic E-state index is 0.0849. The largest absolute Gasteiger partial charge is 0.744 e. The molecular formula is C45H44N4O10S2. The molecule has 0 spiro atoms. The van der Waals surface area contributed by atoms with Crippen LogP contribution in [0.25, 0.3) is 24.3 Å². The van der Waals surface area contributed by atoms with E-state index < -0.39 is 30.1 Å². The molecule has 2 heterocycles. The molecule has 14 nitrogen and oxygen atoms in total. The van der Waals surface area contributed by atoms with E-state index in [2.05, 4.69) is 72.0 Å². The normalized spacial score (nSPS) is 12.4. The second-order valence-electron chi connectivity index (χ2n) is 14.0. The summed E-state index contributed by atoms with van der Waals surface area (Å²) in [7, 11) is -8.54. The predicted octanol–water partition coefficient (Wildman–Crippen LogP) is 8.43. The number of aryl methyl sites for hydroxylation is 2. The summed E-state index contributed by atoms with van der Waals surface area (Å²) < 4.78 is 66.7. The SMILES string of the molecule is CC(CC(C)[n+]1ccc(/C=C/c2ccc([N+](=O)[O-])cc2)cc1)[n+]1ccc(/C=C/c2ccc([N+](=O)[O-])cc2)cc1.Cc1ccc(S(=O)(=O)[O-])cc1.Cc1ccc(S(=O)(=O)[O-])cc1. The second-order valence-corrected chi connectivity index (χ2v) is 16.7. The van der Waals surface area contributed by atoms with Crippen LogP contribution in [0.5, 0.6) is 0 Å². The summed E-state index contributed by atoms with van der Waals surface area (Å²) in [5, 5.41) is 21.6. The van der Waals surface area contributed by atoms with Crippen molar-refractivity contribution in [2.45, 2.75) is 56.0 Å². The van der Waals surface area contributed by atoms with Crippen LogP contribution in [0.3, 0.4) is 0 Å². The Bertz CT molecular complexity index is 2480. The third-order valence-corrected chi connectivity index (χ3v) is 10.9. The fourth-order valence-corrected chi connectivity index (χ4v) is 6.59. The molecule has 316 valence electrons. The lowest BCUT2D eigenvalue weighted by molar-refractivity contribution is -0.753. The van der Waals surface area contributed by atoms with Crippen molar-refractivity contribution in [2.75, 3.05) is 0 Å². The number of hydrogen-bond acceptors (Lipinski definition) is 10. The third kappa shape index (κ3) is 15.4. The Kier molecular flexibility index (Phi) is 16.6. The van der Waals surface area contributed by atoms with Gasteiger partial charge in [0.25, 0.3) is 11.4 Å². The first-order valence-corrected chi connectivity index (χ1v) is 21.5. The number of pyridine rings is 2. The third-order valence-electron chi connectivity index (χ3n) is 9.22. The number of benzene rings is 4. The molecular weight excluding hydrogens is 821 g/mol. The number of rotatable bonds is 12. The van der Waals surface area contributed by atoms with Gasteiger partial charge in [-0.05, 0) is 98.5 Å². The van der Waals surface area contributed by atoms with Crippen LogP contribution in [0.2, 0.25) is 0 Å². The molecule has 4 aromatic carbocycles. The summed E-state index contributed by atoms with van der Waals surface area (Å²) in [6, 6.07) is 33.4. The lowest BCUT2D eigenvalue weighted by Gasteiger charge is -2.11. The molecule has 0 radical (unpaired) electrons. The van der Waals surface area contributed by atoms with Crippen LogP contribution in [0.4, 0.5) is 11.4 Å². The number of non-ortho nitro benzene ring substituents is 2. The summed E-state index contributed by atoms with van der Waals surface area (Å²) in [5.74, 6) is 0. The van der Waals surface area contributed by atoms with E-state index in [-0.39, 0.29) is 21.2 Å². The lowest BCUT2D eigenvalue weighted by Crippen LogP contribution is -2.43. The fraction of sp³-hybridized carbons (Fsp3) is 0.156. The monoisotopic (exact) mass is 864 g/mol. The first-order chi connectivity index (χ1) is 28.8.